The molecule has 3 amide bonds. The summed E-state index contributed by atoms with van der Waals surface area (Å²) in [6.07, 6.45) is 3.81. The Morgan fingerprint density at radius 3 is 2.26 bits per heavy atom. The van der Waals surface area contributed by atoms with E-state index in [1.165, 1.54) is 0 Å². The van der Waals surface area contributed by atoms with E-state index < -0.39 is 30.1 Å². The van der Waals surface area contributed by atoms with E-state index in [-0.39, 0.29) is 23.7 Å². The van der Waals surface area contributed by atoms with Crippen molar-refractivity contribution in [2.24, 2.45) is 11.8 Å². The molecular formula is C31H42N4O4. The Kier molecular flexibility index (Phi) is 10.7. The normalized spacial score (nSPS) is 22.3. The van der Waals surface area contributed by atoms with Gasteiger partial charge in [-0.1, -0.05) is 76.6 Å². The van der Waals surface area contributed by atoms with Gasteiger partial charge in [-0.2, -0.15) is 0 Å². The Morgan fingerprint density at radius 2 is 1.67 bits per heavy atom. The van der Waals surface area contributed by atoms with Crippen LogP contribution in [0.3, 0.4) is 0 Å². The van der Waals surface area contributed by atoms with Gasteiger partial charge in [-0.05, 0) is 61.7 Å². The van der Waals surface area contributed by atoms with Crippen LogP contribution in [0.1, 0.15) is 57.8 Å². The maximum Gasteiger partial charge on any atom is 0.247 e. The van der Waals surface area contributed by atoms with Gasteiger partial charge in [0.1, 0.15) is 17.8 Å². The number of likely N-dealkylation sites (N-methyl/N-ethyl adjacent to an activating group) is 1. The minimum absolute atomic E-state index is 0.142. The van der Waals surface area contributed by atoms with Gasteiger partial charge >= 0.3 is 0 Å². The van der Waals surface area contributed by atoms with Crippen LogP contribution in [-0.4, -0.2) is 54.8 Å². The van der Waals surface area contributed by atoms with E-state index in [0.717, 1.165) is 11.1 Å². The molecule has 0 aliphatic carbocycles. The summed E-state index contributed by atoms with van der Waals surface area (Å²) in [7, 11) is 3.70. The molecule has 0 saturated carbocycles. The van der Waals surface area contributed by atoms with Crippen molar-refractivity contribution in [3.05, 3.63) is 71.9 Å². The number of nitrogens with one attached hydrogen (secondary N) is 3. The van der Waals surface area contributed by atoms with Crippen molar-refractivity contribution in [1.29, 1.82) is 0 Å². The third-order valence-corrected chi connectivity index (χ3v) is 7.07. The van der Waals surface area contributed by atoms with Crippen LogP contribution in [0, 0.1) is 11.8 Å². The molecule has 2 bridgehead atoms. The van der Waals surface area contributed by atoms with Crippen LogP contribution in [0.25, 0.3) is 6.08 Å². The monoisotopic (exact) mass is 534 g/mol. The Bertz CT molecular complexity index is 1130. The van der Waals surface area contributed by atoms with Crippen molar-refractivity contribution < 1.29 is 19.1 Å². The number of hydrogen-bond donors (Lipinski definition) is 3. The molecule has 0 saturated heterocycles. The molecular weight excluding hydrogens is 492 g/mol. The molecule has 0 aromatic heterocycles. The van der Waals surface area contributed by atoms with Crippen LogP contribution in [0.15, 0.2) is 60.8 Å². The first-order valence-corrected chi connectivity index (χ1v) is 13.7. The lowest BCUT2D eigenvalue weighted by molar-refractivity contribution is -0.136. The van der Waals surface area contributed by atoms with Gasteiger partial charge in [-0.25, -0.2) is 0 Å². The highest BCUT2D eigenvalue weighted by atomic mass is 16.5. The maximum atomic E-state index is 14.0. The van der Waals surface area contributed by atoms with Crippen LogP contribution in [0.4, 0.5) is 0 Å². The van der Waals surface area contributed by atoms with Gasteiger partial charge < -0.3 is 20.7 Å². The summed E-state index contributed by atoms with van der Waals surface area (Å²) in [5, 5.41) is 8.74. The number of nitrogens with zero attached hydrogens (tertiary/aromatic N) is 1. The number of rotatable bonds is 8. The highest BCUT2D eigenvalue weighted by molar-refractivity contribution is 5.94. The van der Waals surface area contributed by atoms with Gasteiger partial charge in [0.2, 0.25) is 17.7 Å². The van der Waals surface area contributed by atoms with E-state index in [4.69, 9.17) is 4.74 Å². The van der Waals surface area contributed by atoms with Gasteiger partial charge in [0.25, 0.3) is 0 Å². The first-order chi connectivity index (χ1) is 18.6. The van der Waals surface area contributed by atoms with Crippen molar-refractivity contribution in [3.63, 3.8) is 0 Å². The Hall–Kier alpha value is -3.65. The second-order valence-corrected chi connectivity index (χ2v) is 10.8. The minimum Gasteiger partial charge on any atom is -0.483 e. The lowest BCUT2D eigenvalue weighted by Crippen LogP contribution is -2.59. The van der Waals surface area contributed by atoms with Gasteiger partial charge in [-0.15, -0.1) is 0 Å². The summed E-state index contributed by atoms with van der Waals surface area (Å²) >= 11 is 0. The van der Waals surface area contributed by atoms with E-state index in [9.17, 15) is 14.4 Å². The number of hydrogen-bond acceptors (Lipinski definition) is 5. The summed E-state index contributed by atoms with van der Waals surface area (Å²) in [5.41, 5.74) is 1.61. The number of amides is 3. The molecule has 2 aromatic rings. The number of carbonyl (C=O) groups excluding carboxylic acids is 3. The van der Waals surface area contributed by atoms with Gasteiger partial charge in [0, 0.05) is 6.20 Å². The minimum atomic E-state index is -1.10. The topological polar surface area (TPSA) is 99.8 Å². The highest BCUT2D eigenvalue weighted by Crippen LogP contribution is 2.27. The fraction of sp³-hybridized carbons (Fsp3) is 0.452. The lowest BCUT2D eigenvalue weighted by atomic mass is 9.95. The standard InChI is InChI=1S/C31H42N4O4/c1-7-21(4)26-30(37)32-18-17-22-13-15-24(16-14-22)39-28(23-11-9-8-10-12-23)27(31(38)33-26)34-29(36)25(35(5)6)19-20(2)3/h8-18,20-21,25-28H,7,19H2,1-6H3,(H,32,37)(H,33,38)(H,34,36)/b18-17-/t21-,25+,26+,27+,28-/m1/s1. The zero-order valence-electron chi connectivity index (χ0n) is 23.8. The first kappa shape index (κ1) is 29.9. The molecule has 2 aliphatic heterocycles. The third-order valence-electron chi connectivity index (χ3n) is 7.07. The maximum absolute atomic E-state index is 14.0. The van der Waals surface area contributed by atoms with Crippen molar-refractivity contribution >= 4 is 23.8 Å². The van der Waals surface area contributed by atoms with Crippen molar-refractivity contribution in [3.8, 4) is 5.75 Å². The van der Waals surface area contributed by atoms with E-state index in [0.29, 0.717) is 18.6 Å². The van der Waals surface area contributed by atoms with E-state index in [1.807, 2.05) is 87.4 Å². The molecule has 5 atom stereocenters. The Balaban J connectivity index is 2.11. The van der Waals surface area contributed by atoms with Gasteiger partial charge in [0.15, 0.2) is 6.10 Å². The number of benzene rings is 2. The molecule has 0 spiro atoms. The quantitative estimate of drug-likeness (QED) is 0.477. The zero-order chi connectivity index (χ0) is 28.5. The number of ether oxygens (including phenoxy) is 1. The Morgan fingerprint density at radius 1 is 1.00 bits per heavy atom. The second-order valence-electron chi connectivity index (χ2n) is 10.8. The molecule has 0 unspecified atom stereocenters. The lowest BCUT2D eigenvalue weighted by Gasteiger charge is -2.33. The van der Waals surface area contributed by atoms with Crippen LogP contribution in [0.5, 0.6) is 5.75 Å². The SMILES string of the molecule is CC[C@@H](C)[C@@H]1NC(=O)[C@@H](NC(=O)[C@H](CC(C)C)N(C)C)[C@@H](c2ccccc2)Oc2ccc(cc2)/C=C\NC1=O. The van der Waals surface area contributed by atoms with Gasteiger partial charge in [0.05, 0.1) is 6.04 Å². The average Bonchev–Trinajstić information content (AvgIpc) is 2.92. The largest absolute Gasteiger partial charge is 0.483 e. The van der Waals surface area contributed by atoms with Gasteiger partial charge in [-0.3, -0.25) is 19.3 Å². The van der Waals surface area contributed by atoms with Crippen LogP contribution in [0.2, 0.25) is 0 Å². The molecule has 39 heavy (non-hydrogen) atoms. The average molecular weight is 535 g/mol. The first-order valence-electron chi connectivity index (χ1n) is 13.7. The summed E-state index contributed by atoms with van der Waals surface area (Å²) in [4.78, 5) is 42.7. The van der Waals surface area contributed by atoms with E-state index >= 15 is 0 Å². The molecule has 2 aromatic carbocycles. The molecule has 2 aliphatic rings. The summed E-state index contributed by atoms with van der Waals surface area (Å²) in [6.45, 7) is 8.00. The van der Waals surface area contributed by atoms with E-state index in [2.05, 4.69) is 29.8 Å². The van der Waals surface area contributed by atoms with Crippen LogP contribution >= 0.6 is 0 Å². The third kappa shape index (κ3) is 8.17. The fourth-order valence-corrected chi connectivity index (χ4v) is 4.56. The van der Waals surface area contributed by atoms with Crippen LogP contribution < -0.4 is 20.7 Å². The second kappa shape index (κ2) is 13.9. The molecule has 210 valence electrons. The van der Waals surface area contributed by atoms with Crippen molar-refractivity contribution in [2.45, 2.75) is 64.8 Å². The molecule has 0 fully saturated rings. The number of fused-ring (bicyclic) bond motifs is 10. The van der Waals surface area contributed by atoms with Crippen LogP contribution in [-0.2, 0) is 14.4 Å². The summed E-state index contributed by atoms with van der Waals surface area (Å²) in [5.74, 6) is -0.405. The zero-order valence-corrected chi connectivity index (χ0v) is 23.8. The fourth-order valence-electron chi connectivity index (χ4n) is 4.56. The molecule has 4 rings (SSSR count). The molecule has 8 nitrogen and oxygen atoms in total. The molecule has 2 heterocycles. The Labute approximate surface area is 232 Å². The van der Waals surface area contributed by atoms with Crippen molar-refractivity contribution in [2.75, 3.05) is 14.1 Å². The van der Waals surface area contributed by atoms with Crippen molar-refractivity contribution in [1.82, 2.24) is 20.9 Å². The highest BCUT2D eigenvalue weighted by Gasteiger charge is 2.38. The summed E-state index contributed by atoms with van der Waals surface area (Å²) in [6, 6.07) is 14.4. The molecule has 3 N–H and O–H groups in total. The molecule has 8 heteroatoms. The molecule has 0 radical (unpaired) electrons. The smallest absolute Gasteiger partial charge is 0.247 e. The number of carbonyl (C=O) groups is 3. The summed E-state index contributed by atoms with van der Waals surface area (Å²) < 4.78 is 6.44. The van der Waals surface area contributed by atoms with E-state index in [1.54, 1.807) is 12.3 Å². The predicted molar refractivity (Wildman–Crippen MR) is 154 cm³/mol. The predicted octanol–water partition coefficient (Wildman–Crippen LogP) is 3.90.